The SMILES string of the molecule is Cc1cc(Nc2coc3ccccc23)ncc1Br. The summed E-state index contributed by atoms with van der Waals surface area (Å²) in [6.07, 6.45) is 3.50. The maximum Gasteiger partial charge on any atom is 0.136 e. The number of pyridine rings is 1. The largest absolute Gasteiger partial charge is 0.462 e. The average molecular weight is 303 g/mol. The fourth-order valence-electron chi connectivity index (χ4n) is 1.82. The van der Waals surface area contributed by atoms with Crippen molar-refractivity contribution in [3.05, 3.63) is 52.8 Å². The molecule has 1 N–H and O–H groups in total. The number of anilines is 2. The van der Waals surface area contributed by atoms with Gasteiger partial charge in [0.15, 0.2) is 0 Å². The Kier molecular flexibility index (Phi) is 2.80. The van der Waals surface area contributed by atoms with Crippen LogP contribution >= 0.6 is 15.9 Å². The molecule has 3 rings (SSSR count). The summed E-state index contributed by atoms with van der Waals surface area (Å²) in [5, 5.41) is 4.32. The molecule has 0 atom stereocenters. The summed E-state index contributed by atoms with van der Waals surface area (Å²) in [7, 11) is 0. The molecule has 0 radical (unpaired) electrons. The Morgan fingerprint density at radius 3 is 2.94 bits per heavy atom. The molecular formula is C14H11BrN2O. The molecule has 0 saturated carbocycles. The van der Waals surface area contributed by atoms with Gasteiger partial charge in [0.05, 0.1) is 5.69 Å². The van der Waals surface area contributed by atoms with E-state index in [1.165, 1.54) is 0 Å². The van der Waals surface area contributed by atoms with Gasteiger partial charge in [-0.25, -0.2) is 4.98 Å². The molecule has 0 spiro atoms. The summed E-state index contributed by atoms with van der Waals surface area (Å²) in [5.74, 6) is 0.808. The van der Waals surface area contributed by atoms with Crippen LogP contribution in [-0.2, 0) is 0 Å². The fraction of sp³-hybridized carbons (Fsp3) is 0.0714. The quantitative estimate of drug-likeness (QED) is 0.749. The second kappa shape index (κ2) is 4.46. The Hall–Kier alpha value is -1.81. The van der Waals surface area contributed by atoms with Gasteiger partial charge in [-0.15, -0.1) is 0 Å². The van der Waals surface area contributed by atoms with Crippen LogP contribution in [0.3, 0.4) is 0 Å². The number of nitrogens with zero attached hydrogens (tertiary/aromatic N) is 1. The van der Waals surface area contributed by atoms with Crippen LogP contribution in [0.15, 0.2) is 51.7 Å². The monoisotopic (exact) mass is 302 g/mol. The molecule has 0 aliphatic heterocycles. The van der Waals surface area contributed by atoms with Crippen molar-refractivity contribution in [3.8, 4) is 0 Å². The number of benzene rings is 1. The van der Waals surface area contributed by atoms with E-state index in [9.17, 15) is 0 Å². The van der Waals surface area contributed by atoms with E-state index in [-0.39, 0.29) is 0 Å². The number of fused-ring (bicyclic) bond motifs is 1. The van der Waals surface area contributed by atoms with Crippen LogP contribution in [-0.4, -0.2) is 4.98 Å². The number of aryl methyl sites for hydroxylation is 1. The summed E-state index contributed by atoms with van der Waals surface area (Å²) in [6.45, 7) is 2.03. The minimum atomic E-state index is 0.808. The van der Waals surface area contributed by atoms with E-state index < -0.39 is 0 Å². The first-order chi connectivity index (χ1) is 8.74. The molecule has 0 amide bonds. The lowest BCUT2D eigenvalue weighted by Gasteiger charge is -2.05. The van der Waals surface area contributed by atoms with Crippen molar-refractivity contribution in [3.63, 3.8) is 0 Å². The lowest BCUT2D eigenvalue weighted by Crippen LogP contribution is -1.93. The third-order valence-corrected chi connectivity index (χ3v) is 3.62. The highest BCUT2D eigenvalue weighted by atomic mass is 79.9. The molecule has 3 aromatic rings. The van der Waals surface area contributed by atoms with Crippen molar-refractivity contribution >= 4 is 38.4 Å². The van der Waals surface area contributed by atoms with E-state index in [4.69, 9.17) is 4.42 Å². The van der Waals surface area contributed by atoms with Crippen molar-refractivity contribution in [2.24, 2.45) is 0 Å². The van der Waals surface area contributed by atoms with Gasteiger partial charge in [0.1, 0.15) is 17.7 Å². The van der Waals surface area contributed by atoms with Gasteiger partial charge in [-0.05, 0) is 46.6 Å². The first-order valence-electron chi connectivity index (χ1n) is 5.59. The first-order valence-corrected chi connectivity index (χ1v) is 6.39. The van der Waals surface area contributed by atoms with E-state index >= 15 is 0 Å². The number of hydrogen-bond donors (Lipinski definition) is 1. The van der Waals surface area contributed by atoms with Crippen LogP contribution in [0.5, 0.6) is 0 Å². The third kappa shape index (κ3) is 1.99. The van der Waals surface area contributed by atoms with Crippen LogP contribution in [0.4, 0.5) is 11.5 Å². The van der Waals surface area contributed by atoms with Gasteiger partial charge in [0.25, 0.3) is 0 Å². The van der Waals surface area contributed by atoms with Crippen LogP contribution in [0.2, 0.25) is 0 Å². The zero-order valence-corrected chi connectivity index (χ0v) is 11.4. The van der Waals surface area contributed by atoms with Crippen molar-refractivity contribution in [2.75, 3.05) is 5.32 Å². The molecule has 0 aliphatic carbocycles. The van der Waals surface area contributed by atoms with Gasteiger partial charge in [-0.1, -0.05) is 12.1 Å². The second-order valence-electron chi connectivity index (χ2n) is 4.09. The predicted octanol–water partition coefficient (Wildman–Crippen LogP) is 4.64. The molecule has 0 fully saturated rings. The number of rotatable bonds is 2. The Morgan fingerprint density at radius 2 is 2.11 bits per heavy atom. The van der Waals surface area contributed by atoms with E-state index in [1.54, 1.807) is 12.5 Å². The van der Waals surface area contributed by atoms with Crippen molar-refractivity contribution in [1.82, 2.24) is 4.98 Å². The number of halogens is 1. The molecule has 1 aromatic carbocycles. The highest BCUT2D eigenvalue weighted by Gasteiger charge is 2.06. The predicted molar refractivity (Wildman–Crippen MR) is 76.2 cm³/mol. The van der Waals surface area contributed by atoms with Gasteiger partial charge in [-0.3, -0.25) is 0 Å². The van der Waals surface area contributed by atoms with Crippen LogP contribution in [0.1, 0.15) is 5.56 Å². The highest BCUT2D eigenvalue weighted by molar-refractivity contribution is 9.10. The maximum absolute atomic E-state index is 5.48. The Balaban J connectivity index is 1.98. The summed E-state index contributed by atoms with van der Waals surface area (Å²) in [6, 6.07) is 9.90. The van der Waals surface area contributed by atoms with E-state index in [0.29, 0.717) is 0 Å². The molecule has 18 heavy (non-hydrogen) atoms. The van der Waals surface area contributed by atoms with Gasteiger partial charge in [-0.2, -0.15) is 0 Å². The lowest BCUT2D eigenvalue weighted by molar-refractivity contribution is 0.617. The standard InChI is InChI=1S/C14H11BrN2O/c1-9-6-14(16-7-11(9)15)17-12-8-18-13-5-3-2-4-10(12)13/h2-8H,1H3,(H,16,17). The zero-order valence-electron chi connectivity index (χ0n) is 9.77. The summed E-state index contributed by atoms with van der Waals surface area (Å²) >= 11 is 3.44. The second-order valence-corrected chi connectivity index (χ2v) is 4.94. The fourth-order valence-corrected chi connectivity index (χ4v) is 2.04. The summed E-state index contributed by atoms with van der Waals surface area (Å²) < 4.78 is 6.48. The molecule has 2 heterocycles. The molecule has 0 aliphatic rings. The minimum absolute atomic E-state index is 0.808. The molecule has 2 aromatic heterocycles. The number of para-hydroxylation sites is 1. The van der Waals surface area contributed by atoms with Gasteiger partial charge >= 0.3 is 0 Å². The molecule has 0 saturated heterocycles. The molecule has 90 valence electrons. The third-order valence-electron chi connectivity index (χ3n) is 2.79. The number of nitrogens with one attached hydrogen (secondary N) is 1. The van der Waals surface area contributed by atoms with E-state index in [0.717, 1.165) is 32.5 Å². The van der Waals surface area contributed by atoms with Crippen LogP contribution in [0, 0.1) is 6.92 Å². The van der Waals surface area contributed by atoms with Crippen LogP contribution in [0.25, 0.3) is 11.0 Å². The van der Waals surface area contributed by atoms with Gasteiger partial charge < -0.3 is 9.73 Å². The van der Waals surface area contributed by atoms with Crippen LogP contribution < -0.4 is 5.32 Å². The molecule has 4 heteroatoms. The number of hydrogen-bond acceptors (Lipinski definition) is 3. The van der Waals surface area contributed by atoms with E-state index in [2.05, 4.69) is 26.2 Å². The molecule has 3 nitrogen and oxygen atoms in total. The van der Waals surface area contributed by atoms with Gasteiger partial charge in [0, 0.05) is 16.1 Å². The Morgan fingerprint density at radius 1 is 1.28 bits per heavy atom. The Bertz CT molecular complexity index is 706. The summed E-state index contributed by atoms with van der Waals surface area (Å²) in [5.41, 5.74) is 2.94. The van der Waals surface area contributed by atoms with Crippen molar-refractivity contribution in [1.29, 1.82) is 0 Å². The Labute approximate surface area is 113 Å². The molecule has 0 unspecified atom stereocenters. The van der Waals surface area contributed by atoms with E-state index in [1.807, 2.05) is 37.3 Å². The number of aromatic nitrogens is 1. The van der Waals surface area contributed by atoms with Crippen molar-refractivity contribution in [2.45, 2.75) is 6.92 Å². The number of furan rings is 1. The first kappa shape index (κ1) is 11.3. The van der Waals surface area contributed by atoms with Crippen molar-refractivity contribution < 1.29 is 4.42 Å². The molecule has 0 bridgehead atoms. The lowest BCUT2D eigenvalue weighted by atomic mass is 10.2. The normalized spacial score (nSPS) is 10.8. The smallest absolute Gasteiger partial charge is 0.136 e. The minimum Gasteiger partial charge on any atom is -0.462 e. The maximum atomic E-state index is 5.48. The zero-order chi connectivity index (χ0) is 12.5. The summed E-state index contributed by atoms with van der Waals surface area (Å²) in [4.78, 5) is 4.32. The molecular weight excluding hydrogens is 292 g/mol. The average Bonchev–Trinajstić information content (AvgIpc) is 2.78. The highest BCUT2D eigenvalue weighted by Crippen LogP contribution is 2.28. The topological polar surface area (TPSA) is 38.1 Å². The van der Waals surface area contributed by atoms with Gasteiger partial charge in [0.2, 0.25) is 0 Å².